The zero-order chi connectivity index (χ0) is 12.7. The van der Waals surface area contributed by atoms with Crippen LogP contribution in [-0.4, -0.2) is 19.1 Å². The number of halogens is 2. The number of carbonyl (C=O) groups excluding carboxylic acids is 1. The van der Waals surface area contributed by atoms with E-state index in [0.29, 0.717) is 11.0 Å². The van der Waals surface area contributed by atoms with Crippen molar-refractivity contribution >= 4 is 21.8 Å². The van der Waals surface area contributed by atoms with E-state index in [-0.39, 0.29) is 18.3 Å². The second-order valence-electron chi connectivity index (χ2n) is 3.57. The Morgan fingerprint density at radius 2 is 2.29 bits per heavy atom. The van der Waals surface area contributed by atoms with Gasteiger partial charge < -0.3 is 10.1 Å². The van der Waals surface area contributed by atoms with Gasteiger partial charge in [0.15, 0.2) is 18.2 Å². The molecule has 1 rings (SSSR count). The third kappa shape index (κ3) is 5.17. The SMILES string of the molecule is CCCCNC(=O)COc1cc(Br)ccc1F. The number of ether oxygens (including phenoxy) is 1. The maximum atomic E-state index is 13.2. The van der Waals surface area contributed by atoms with Crippen molar-refractivity contribution in [2.45, 2.75) is 19.8 Å². The van der Waals surface area contributed by atoms with Crippen molar-refractivity contribution in [2.24, 2.45) is 0 Å². The van der Waals surface area contributed by atoms with E-state index in [2.05, 4.69) is 21.2 Å². The summed E-state index contributed by atoms with van der Waals surface area (Å²) in [6, 6.07) is 4.35. The number of hydrogen-bond donors (Lipinski definition) is 1. The zero-order valence-electron chi connectivity index (χ0n) is 9.63. The molecule has 0 fully saturated rings. The van der Waals surface area contributed by atoms with Gasteiger partial charge in [-0.3, -0.25) is 4.79 Å². The van der Waals surface area contributed by atoms with Gasteiger partial charge in [-0.2, -0.15) is 0 Å². The minimum atomic E-state index is -0.477. The molecule has 0 saturated heterocycles. The largest absolute Gasteiger partial charge is 0.481 e. The minimum Gasteiger partial charge on any atom is -0.481 e. The summed E-state index contributed by atoms with van der Waals surface area (Å²) in [5.74, 6) is -0.641. The Morgan fingerprint density at radius 1 is 1.53 bits per heavy atom. The highest BCUT2D eigenvalue weighted by Crippen LogP contribution is 2.21. The van der Waals surface area contributed by atoms with Crippen molar-refractivity contribution in [1.82, 2.24) is 5.32 Å². The molecule has 5 heteroatoms. The highest BCUT2D eigenvalue weighted by atomic mass is 79.9. The number of benzene rings is 1. The van der Waals surface area contributed by atoms with Crippen LogP contribution in [0.15, 0.2) is 22.7 Å². The Labute approximate surface area is 108 Å². The highest BCUT2D eigenvalue weighted by Gasteiger charge is 2.06. The number of amides is 1. The summed E-state index contributed by atoms with van der Waals surface area (Å²) < 4.78 is 19.1. The average molecular weight is 304 g/mol. The molecule has 0 aliphatic heterocycles. The van der Waals surface area contributed by atoms with Gasteiger partial charge in [-0.1, -0.05) is 29.3 Å². The van der Waals surface area contributed by atoms with Gasteiger partial charge in [-0.15, -0.1) is 0 Å². The predicted octanol–water partition coefficient (Wildman–Crippen LogP) is 2.88. The summed E-state index contributed by atoms with van der Waals surface area (Å²) in [7, 11) is 0. The summed E-state index contributed by atoms with van der Waals surface area (Å²) >= 11 is 3.21. The van der Waals surface area contributed by atoms with Gasteiger partial charge in [0.1, 0.15) is 0 Å². The molecule has 17 heavy (non-hydrogen) atoms. The van der Waals surface area contributed by atoms with E-state index in [0.717, 1.165) is 12.8 Å². The molecule has 0 aliphatic carbocycles. The quantitative estimate of drug-likeness (QED) is 0.821. The zero-order valence-corrected chi connectivity index (χ0v) is 11.2. The Morgan fingerprint density at radius 3 is 3.00 bits per heavy atom. The smallest absolute Gasteiger partial charge is 0.257 e. The minimum absolute atomic E-state index is 0.0741. The van der Waals surface area contributed by atoms with Crippen LogP contribution < -0.4 is 10.1 Å². The van der Waals surface area contributed by atoms with Gasteiger partial charge in [0.2, 0.25) is 0 Å². The first-order valence-corrected chi connectivity index (χ1v) is 6.27. The number of rotatable bonds is 6. The van der Waals surface area contributed by atoms with Crippen LogP contribution in [0.25, 0.3) is 0 Å². The first kappa shape index (κ1) is 14.0. The lowest BCUT2D eigenvalue weighted by atomic mass is 10.3. The second-order valence-corrected chi connectivity index (χ2v) is 4.48. The Balaban J connectivity index is 2.39. The number of nitrogens with one attached hydrogen (secondary N) is 1. The molecule has 0 atom stereocenters. The van der Waals surface area contributed by atoms with Crippen molar-refractivity contribution in [3.05, 3.63) is 28.5 Å². The molecule has 0 bridgehead atoms. The fourth-order valence-electron chi connectivity index (χ4n) is 1.19. The monoisotopic (exact) mass is 303 g/mol. The third-order valence-corrected chi connectivity index (χ3v) is 2.60. The summed E-state index contributed by atoms with van der Waals surface area (Å²) in [5, 5.41) is 2.69. The van der Waals surface area contributed by atoms with Crippen molar-refractivity contribution in [3.63, 3.8) is 0 Å². The van der Waals surface area contributed by atoms with E-state index in [4.69, 9.17) is 4.74 Å². The van der Waals surface area contributed by atoms with E-state index in [9.17, 15) is 9.18 Å². The lowest BCUT2D eigenvalue weighted by Crippen LogP contribution is -2.29. The average Bonchev–Trinajstić information content (AvgIpc) is 2.31. The summed E-state index contributed by atoms with van der Waals surface area (Å²) in [4.78, 5) is 11.3. The van der Waals surface area contributed by atoms with Gasteiger partial charge in [-0.05, 0) is 24.6 Å². The van der Waals surface area contributed by atoms with Crippen molar-refractivity contribution < 1.29 is 13.9 Å². The number of carbonyl (C=O) groups is 1. The van der Waals surface area contributed by atoms with Crippen LogP contribution in [0.3, 0.4) is 0 Å². The van der Waals surface area contributed by atoms with Crippen LogP contribution in [-0.2, 0) is 4.79 Å². The fourth-order valence-corrected chi connectivity index (χ4v) is 1.53. The maximum absolute atomic E-state index is 13.2. The molecular formula is C12H15BrFNO2. The van der Waals surface area contributed by atoms with Crippen LogP contribution in [0.4, 0.5) is 4.39 Å². The van der Waals surface area contributed by atoms with Gasteiger partial charge >= 0.3 is 0 Å². The van der Waals surface area contributed by atoms with E-state index < -0.39 is 5.82 Å². The van der Waals surface area contributed by atoms with Gasteiger partial charge in [0, 0.05) is 11.0 Å². The lowest BCUT2D eigenvalue weighted by Gasteiger charge is -2.08. The highest BCUT2D eigenvalue weighted by molar-refractivity contribution is 9.10. The molecule has 94 valence electrons. The van der Waals surface area contributed by atoms with Crippen LogP contribution in [0, 0.1) is 5.82 Å². The molecule has 1 aromatic carbocycles. The Hall–Kier alpha value is -1.10. The van der Waals surface area contributed by atoms with E-state index >= 15 is 0 Å². The lowest BCUT2D eigenvalue weighted by molar-refractivity contribution is -0.123. The second kappa shape index (κ2) is 7.27. The Bertz CT molecular complexity index is 385. The summed E-state index contributed by atoms with van der Waals surface area (Å²) in [6.07, 6.45) is 1.94. The van der Waals surface area contributed by atoms with Crippen molar-refractivity contribution in [3.8, 4) is 5.75 Å². The molecule has 0 radical (unpaired) electrons. The van der Waals surface area contributed by atoms with E-state index in [1.807, 2.05) is 6.92 Å². The molecule has 0 aromatic heterocycles. The van der Waals surface area contributed by atoms with Gasteiger partial charge in [0.25, 0.3) is 5.91 Å². The summed E-state index contributed by atoms with van der Waals surface area (Å²) in [5.41, 5.74) is 0. The first-order valence-electron chi connectivity index (χ1n) is 5.48. The Kier molecular flexibility index (Phi) is 5.97. The molecule has 3 nitrogen and oxygen atoms in total. The molecule has 1 N–H and O–H groups in total. The van der Waals surface area contributed by atoms with Crippen LogP contribution in [0.1, 0.15) is 19.8 Å². The number of hydrogen-bond acceptors (Lipinski definition) is 2. The normalized spacial score (nSPS) is 10.1. The first-order chi connectivity index (χ1) is 8.13. The topological polar surface area (TPSA) is 38.3 Å². The molecule has 0 unspecified atom stereocenters. The molecule has 1 amide bonds. The predicted molar refractivity (Wildman–Crippen MR) is 67.5 cm³/mol. The fraction of sp³-hybridized carbons (Fsp3) is 0.417. The molecule has 1 aromatic rings. The molecule has 0 aliphatic rings. The van der Waals surface area contributed by atoms with Crippen LogP contribution in [0.2, 0.25) is 0 Å². The van der Waals surface area contributed by atoms with Gasteiger partial charge in [-0.25, -0.2) is 4.39 Å². The molecular weight excluding hydrogens is 289 g/mol. The number of unbranched alkanes of at least 4 members (excludes halogenated alkanes) is 1. The third-order valence-electron chi connectivity index (χ3n) is 2.10. The van der Waals surface area contributed by atoms with Crippen LogP contribution in [0.5, 0.6) is 5.75 Å². The standard InChI is InChI=1S/C12H15BrFNO2/c1-2-3-6-15-12(16)8-17-11-7-9(13)4-5-10(11)14/h4-5,7H,2-3,6,8H2,1H3,(H,15,16). The van der Waals surface area contributed by atoms with E-state index in [1.54, 1.807) is 6.07 Å². The van der Waals surface area contributed by atoms with Gasteiger partial charge in [0.05, 0.1) is 0 Å². The summed E-state index contributed by atoms with van der Waals surface area (Å²) in [6.45, 7) is 2.50. The maximum Gasteiger partial charge on any atom is 0.257 e. The molecule has 0 saturated carbocycles. The van der Waals surface area contributed by atoms with E-state index in [1.165, 1.54) is 12.1 Å². The molecule has 0 heterocycles. The van der Waals surface area contributed by atoms with Crippen molar-refractivity contribution in [1.29, 1.82) is 0 Å². The molecule has 0 spiro atoms. The van der Waals surface area contributed by atoms with Crippen molar-refractivity contribution in [2.75, 3.05) is 13.2 Å². The van der Waals surface area contributed by atoms with Crippen LogP contribution >= 0.6 is 15.9 Å².